The summed E-state index contributed by atoms with van der Waals surface area (Å²) in [4.78, 5) is 50.9. The number of carbonyl (C=O) groups is 3. The van der Waals surface area contributed by atoms with Gasteiger partial charge in [-0.25, -0.2) is 0 Å². The van der Waals surface area contributed by atoms with Gasteiger partial charge in [-0.3, -0.25) is 24.2 Å². The van der Waals surface area contributed by atoms with Gasteiger partial charge in [-0.2, -0.15) is 0 Å². The van der Waals surface area contributed by atoms with E-state index in [1.807, 2.05) is 43.9 Å². The number of nitrogens with zero attached hydrogens (tertiary/aromatic N) is 4. The van der Waals surface area contributed by atoms with E-state index >= 15 is 0 Å². The Morgan fingerprint density at radius 1 is 1.00 bits per heavy atom. The average Bonchev–Trinajstić information content (AvgIpc) is 3.14. The quantitative estimate of drug-likeness (QED) is 0.238. The van der Waals surface area contributed by atoms with Crippen LogP contribution in [0.4, 0.5) is 0 Å². The maximum atomic E-state index is 14.5. The number of ketones is 1. The summed E-state index contributed by atoms with van der Waals surface area (Å²) >= 11 is 0. The molecule has 1 aromatic rings. The number of amides is 1. The molecule has 306 valence electrons. The van der Waals surface area contributed by atoms with Crippen molar-refractivity contribution >= 4 is 17.7 Å². The third-order valence-electron chi connectivity index (χ3n) is 12.1. The van der Waals surface area contributed by atoms with Gasteiger partial charge >= 0.3 is 5.97 Å². The summed E-state index contributed by atoms with van der Waals surface area (Å²) in [5, 5.41) is 0. The zero-order chi connectivity index (χ0) is 40.0. The van der Waals surface area contributed by atoms with Crippen LogP contribution in [0, 0.1) is 17.3 Å². The molecule has 0 N–H and O–H groups in total. The van der Waals surface area contributed by atoms with Crippen LogP contribution in [0.1, 0.15) is 91.4 Å². The highest BCUT2D eigenvalue weighted by molar-refractivity contribution is 6.04. The number of ether oxygens (including phenoxy) is 5. The van der Waals surface area contributed by atoms with Gasteiger partial charge in [0.05, 0.1) is 31.0 Å². The fourth-order valence-corrected chi connectivity index (χ4v) is 8.79. The summed E-state index contributed by atoms with van der Waals surface area (Å²) in [5.41, 5.74) is -1.67. The molecule has 1 amide bonds. The SMILES string of the molecule is CCCN1C[C@H](C)C[C@@](C)(OC)[C@H](O[C@H]2C[C@@H](N(C)C)C[C@@H](C)O2)[C@@H](C)C(=O)C(C)(C)C(=O)O[C@@H](C)[C@@H]1CN1CCN(C(=O)c2cccc(OC)c2)CC1. The fourth-order valence-electron chi connectivity index (χ4n) is 8.79. The van der Waals surface area contributed by atoms with E-state index in [2.05, 4.69) is 49.6 Å². The molecular formula is C42H70N4O8. The largest absolute Gasteiger partial charge is 0.497 e. The van der Waals surface area contributed by atoms with Crippen LogP contribution >= 0.6 is 0 Å². The Hall–Kier alpha value is -2.61. The highest BCUT2D eigenvalue weighted by Gasteiger charge is 2.51. The zero-order valence-electron chi connectivity index (χ0n) is 35.3. The van der Waals surface area contributed by atoms with E-state index in [9.17, 15) is 14.4 Å². The van der Waals surface area contributed by atoms with Crippen molar-refractivity contribution in [2.75, 3.05) is 74.1 Å². The molecule has 1 aromatic carbocycles. The second-order valence-corrected chi connectivity index (χ2v) is 17.1. The zero-order valence-corrected chi connectivity index (χ0v) is 35.3. The van der Waals surface area contributed by atoms with Crippen LogP contribution in [0.2, 0.25) is 0 Å². The first-order valence-electron chi connectivity index (χ1n) is 20.1. The van der Waals surface area contributed by atoms with Crippen LogP contribution in [-0.2, 0) is 28.5 Å². The average molecular weight is 759 g/mol. The number of hydrogen-bond acceptors (Lipinski definition) is 11. The summed E-state index contributed by atoms with van der Waals surface area (Å²) in [6.07, 6.45) is 1.43. The maximum absolute atomic E-state index is 14.5. The van der Waals surface area contributed by atoms with Gasteiger partial charge in [0.2, 0.25) is 0 Å². The summed E-state index contributed by atoms with van der Waals surface area (Å²) < 4.78 is 31.2. The second kappa shape index (κ2) is 19.0. The number of benzene rings is 1. The predicted molar refractivity (Wildman–Crippen MR) is 210 cm³/mol. The topological polar surface area (TPSA) is 110 Å². The molecule has 9 atom stereocenters. The van der Waals surface area contributed by atoms with Gasteiger partial charge < -0.3 is 33.5 Å². The molecule has 0 radical (unpaired) electrons. The third-order valence-corrected chi connectivity index (χ3v) is 12.1. The van der Waals surface area contributed by atoms with Crippen molar-refractivity contribution in [2.24, 2.45) is 17.3 Å². The van der Waals surface area contributed by atoms with E-state index in [1.54, 1.807) is 34.1 Å². The Morgan fingerprint density at radius 3 is 2.30 bits per heavy atom. The van der Waals surface area contributed by atoms with Crippen molar-refractivity contribution in [3.63, 3.8) is 0 Å². The van der Waals surface area contributed by atoms with E-state index in [0.717, 1.165) is 25.9 Å². The lowest BCUT2D eigenvalue weighted by Gasteiger charge is -2.46. The van der Waals surface area contributed by atoms with Crippen molar-refractivity contribution in [2.45, 2.75) is 123 Å². The molecule has 3 fully saturated rings. The standard InChI is InChI=1S/C42H70N4O8/c1-13-17-46-26-28(2)25-42(8,51-12)38(54-36-24-33(43(9)10)22-29(3)52-36)30(4)37(47)41(6,7)40(49)53-31(5)35(46)27-44-18-20-45(21-19-44)39(48)32-15-14-16-34(23-32)50-11/h14-16,23,28-31,33,35-36,38H,13,17-22,24-27H2,1-12H3/t28-,29-,30+,31+,33+,35+,36+,38-,42-/m1/s1. The van der Waals surface area contributed by atoms with Crippen LogP contribution in [0.5, 0.6) is 5.75 Å². The smallest absolute Gasteiger partial charge is 0.319 e. The minimum atomic E-state index is -1.43. The maximum Gasteiger partial charge on any atom is 0.319 e. The Balaban J connectivity index is 1.60. The van der Waals surface area contributed by atoms with Gasteiger partial charge in [0, 0.05) is 70.3 Å². The van der Waals surface area contributed by atoms with Crippen molar-refractivity contribution < 1.29 is 38.1 Å². The Morgan fingerprint density at radius 2 is 1.69 bits per heavy atom. The molecular weight excluding hydrogens is 688 g/mol. The molecule has 54 heavy (non-hydrogen) atoms. The minimum absolute atomic E-state index is 0.00600. The first-order valence-corrected chi connectivity index (χ1v) is 20.1. The number of rotatable bonds is 10. The van der Waals surface area contributed by atoms with E-state index in [1.165, 1.54) is 0 Å². The van der Waals surface area contributed by atoms with Crippen molar-refractivity contribution in [3.05, 3.63) is 29.8 Å². The molecule has 4 rings (SSSR count). The predicted octanol–water partition coefficient (Wildman–Crippen LogP) is 4.98. The third kappa shape index (κ3) is 10.6. The molecule has 3 heterocycles. The lowest BCUT2D eigenvalue weighted by atomic mass is 9.74. The van der Waals surface area contributed by atoms with Gasteiger partial charge in [0.1, 0.15) is 17.3 Å². The van der Waals surface area contributed by atoms with Crippen molar-refractivity contribution in [3.8, 4) is 5.75 Å². The molecule has 0 saturated carbocycles. The molecule has 12 nitrogen and oxygen atoms in total. The number of Topliss-reactive ketones (excluding diaryl/α,β-unsaturated/α-hetero) is 1. The van der Waals surface area contributed by atoms with Crippen LogP contribution in [-0.4, -0.2) is 154 Å². The van der Waals surface area contributed by atoms with E-state index in [0.29, 0.717) is 56.9 Å². The van der Waals surface area contributed by atoms with Crippen molar-refractivity contribution in [1.82, 2.24) is 19.6 Å². The van der Waals surface area contributed by atoms with Gasteiger partial charge in [0.15, 0.2) is 12.1 Å². The molecule has 3 aliphatic rings. The first kappa shape index (κ1) is 44.1. The van der Waals surface area contributed by atoms with Crippen LogP contribution < -0.4 is 4.74 Å². The summed E-state index contributed by atoms with van der Waals surface area (Å²) in [6, 6.07) is 7.41. The Kier molecular flexibility index (Phi) is 15.5. The lowest BCUT2D eigenvalue weighted by Crippen LogP contribution is -2.57. The summed E-state index contributed by atoms with van der Waals surface area (Å²) in [5.74, 6) is -0.671. The van der Waals surface area contributed by atoms with Crippen LogP contribution in [0.3, 0.4) is 0 Å². The molecule has 0 aliphatic carbocycles. The van der Waals surface area contributed by atoms with Crippen molar-refractivity contribution in [1.29, 1.82) is 0 Å². The molecule has 0 unspecified atom stereocenters. The summed E-state index contributed by atoms with van der Waals surface area (Å²) in [6.45, 7) is 20.4. The molecule has 0 spiro atoms. The van der Waals surface area contributed by atoms with Gasteiger partial charge in [-0.15, -0.1) is 0 Å². The minimum Gasteiger partial charge on any atom is -0.497 e. The number of piperazine rings is 1. The van der Waals surface area contributed by atoms with Crippen LogP contribution in [0.25, 0.3) is 0 Å². The molecule has 12 heteroatoms. The number of cyclic esters (lactones) is 1. The van der Waals surface area contributed by atoms with Gasteiger partial charge in [0.25, 0.3) is 5.91 Å². The van der Waals surface area contributed by atoms with E-state index in [-0.39, 0.29) is 35.8 Å². The molecule has 3 aliphatic heterocycles. The molecule has 3 saturated heterocycles. The Bertz CT molecular complexity index is 1400. The first-order chi connectivity index (χ1) is 25.4. The van der Waals surface area contributed by atoms with E-state index < -0.39 is 41.4 Å². The second-order valence-electron chi connectivity index (χ2n) is 17.1. The monoisotopic (exact) mass is 759 g/mol. The normalized spacial score (nSPS) is 33.8. The number of methoxy groups -OCH3 is 2. The van der Waals surface area contributed by atoms with Gasteiger partial charge in [-0.1, -0.05) is 26.8 Å². The Labute approximate surface area is 325 Å². The fraction of sp³-hybridized carbons (Fsp3) is 0.786. The van der Waals surface area contributed by atoms with E-state index in [4.69, 9.17) is 23.7 Å². The molecule has 0 bridgehead atoms. The lowest BCUT2D eigenvalue weighted by molar-refractivity contribution is -0.263. The summed E-state index contributed by atoms with van der Waals surface area (Å²) in [7, 11) is 7.43. The number of carbonyl (C=O) groups excluding carboxylic acids is 3. The van der Waals surface area contributed by atoms with Crippen LogP contribution in [0.15, 0.2) is 24.3 Å². The number of esters is 1. The highest BCUT2D eigenvalue weighted by Crippen LogP contribution is 2.38. The molecule has 0 aromatic heterocycles. The highest BCUT2D eigenvalue weighted by atomic mass is 16.7. The number of hydrogen-bond donors (Lipinski definition) is 0. The van der Waals surface area contributed by atoms with Gasteiger partial charge in [-0.05, 0) is 98.6 Å².